The minimum atomic E-state index is -0.621. The van der Waals surface area contributed by atoms with Gasteiger partial charge in [-0.05, 0) is 37.5 Å². The van der Waals surface area contributed by atoms with Crippen LogP contribution in [0.25, 0.3) is 6.08 Å². The number of aryl methyl sites for hydroxylation is 1. The van der Waals surface area contributed by atoms with E-state index in [1.165, 1.54) is 23.6 Å². The van der Waals surface area contributed by atoms with Crippen LogP contribution in [0.3, 0.4) is 0 Å². The number of nitriles is 1. The zero-order valence-electron chi connectivity index (χ0n) is 18.5. The van der Waals surface area contributed by atoms with Crippen LogP contribution in [-0.2, 0) is 11.3 Å². The van der Waals surface area contributed by atoms with Gasteiger partial charge in [0.2, 0.25) is 5.88 Å². The van der Waals surface area contributed by atoms with Crippen LogP contribution in [0, 0.1) is 25.2 Å². The summed E-state index contributed by atoms with van der Waals surface area (Å²) in [6.07, 6.45) is 2.18. The summed E-state index contributed by atoms with van der Waals surface area (Å²) in [5, 5.41) is 20.0. The van der Waals surface area contributed by atoms with E-state index in [9.17, 15) is 24.8 Å². The maximum absolute atomic E-state index is 13.0. The normalized spacial score (nSPS) is 14.7. The number of thioether (sulfide) groups is 1. The molecule has 7 nitrogen and oxygen atoms in total. The van der Waals surface area contributed by atoms with E-state index in [2.05, 4.69) is 0 Å². The van der Waals surface area contributed by atoms with Crippen molar-refractivity contribution in [1.29, 1.82) is 5.26 Å². The van der Waals surface area contributed by atoms with Crippen molar-refractivity contribution in [3.05, 3.63) is 67.3 Å². The van der Waals surface area contributed by atoms with Gasteiger partial charge in [-0.3, -0.25) is 23.9 Å². The quantitative estimate of drug-likeness (QED) is 0.363. The van der Waals surface area contributed by atoms with Crippen molar-refractivity contribution < 1.29 is 14.7 Å². The van der Waals surface area contributed by atoms with Crippen LogP contribution >= 0.6 is 24.0 Å². The third kappa shape index (κ3) is 4.92. The number of benzene rings is 1. The molecule has 2 aromatic rings. The Morgan fingerprint density at radius 1 is 1.21 bits per heavy atom. The number of hydrogen-bond donors (Lipinski definition) is 1. The first-order valence-corrected chi connectivity index (χ1v) is 11.6. The van der Waals surface area contributed by atoms with Gasteiger partial charge in [-0.15, -0.1) is 0 Å². The third-order valence-corrected chi connectivity index (χ3v) is 6.72. The molecule has 0 radical (unpaired) electrons. The van der Waals surface area contributed by atoms with E-state index < -0.39 is 17.2 Å². The van der Waals surface area contributed by atoms with Crippen LogP contribution in [0.2, 0.25) is 0 Å². The van der Waals surface area contributed by atoms with Crippen LogP contribution in [0.15, 0.2) is 34.0 Å². The zero-order valence-corrected chi connectivity index (χ0v) is 20.2. The summed E-state index contributed by atoms with van der Waals surface area (Å²) < 4.78 is 1.39. The smallest absolute Gasteiger partial charge is 0.271 e. The average molecular weight is 482 g/mol. The Morgan fingerprint density at radius 3 is 2.48 bits per heavy atom. The number of aromatic nitrogens is 1. The molecule has 1 aliphatic heterocycles. The highest BCUT2D eigenvalue weighted by atomic mass is 32.2. The van der Waals surface area contributed by atoms with Crippen LogP contribution in [0.4, 0.5) is 0 Å². The Labute approximate surface area is 201 Å². The molecule has 0 unspecified atom stereocenters. The second-order valence-corrected chi connectivity index (χ2v) is 9.36. The van der Waals surface area contributed by atoms with Crippen LogP contribution in [0.1, 0.15) is 52.4 Å². The lowest BCUT2D eigenvalue weighted by atomic mass is 10.00. The Bertz CT molecular complexity index is 1270. The SMILES string of the molecule is CCCn1c(O)c(C(=O)CCN2C(=O)/C(=C/c3ccc(C)cc3)SC2=S)c(C)c(C#N)c1=O. The molecule has 33 heavy (non-hydrogen) atoms. The van der Waals surface area contributed by atoms with Gasteiger partial charge in [-0.25, -0.2) is 0 Å². The van der Waals surface area contributed by atoms with Crippen LogP contribution in [-0.4, -0.2) is 37.1 Å². The largest absolute Gasteiger partial charge is 0.494 e. The molecule has 1 aromatic carbocycles. The molecule has 0 spiro atoms. The lowest BCUT2D eigenvalue weighted by Crippen LogP contribution is -2.31. The summed E-state index contributed by atoms with van der Waals surface area (Å²) in [4.78, 5) is 40.1. The van der Waals surface area contributed by atoms with Crippen molar-refractivity contribution in [3.8, 4) is 11.9 Å². The predicted octanol–water partition coefficient (Wildman–Crippen LogP) is 3.93. The molecular formula is C24H23N3O4S2. The van der Waals surface area contributed by atoms with Crippen molar-refractivity contribution in [1.82, 2.24) is 9.47 Å². The first-order chi connectivity index (χ1) is 15.7. The van der Waals surface area contributed by atoms with E-state index in [0.717, 1.165) is 15.7 Å². The number of nitrogens with zero attached hydrogens (tertiary/aromatic N) is 3. The van der Waals surface area contributed by atoms with Gasteiger partial charge in [-0.1, -0.05) is 60.7 Å². The summed E-state index contributed by atoms with van der Waals surface area (Å²) in [6.45, 7) is 5.47. The molecule has 170 valence electrons. The van der Waals surface area contributed by atoms with Crippen molar-refractivity contribution in [2.75, 3.05) is 6.54 Å². The predicted molar refractivity (Wildman–Crippen MR) is 132 cm³/mol. The topological polar surface area (TPSA) is 103 Å². The molecule has 9 heteroatoms. The summed E-state index contributed by atoms with van der Waals surface area (Å²) in [5.74, 6) is -1.20. The molecule has 0 aliphatic carbocycles. The number of ketones is 1. The molecular weight excluding hydrogens is 458 g/mol. The minimum absolute atomic E-state index is 0.0302. The average Bonchev–Trinajstić information content (AvgIpc) is 3.04. The number of thiocarbonyl (C=S) groups is 1. The first kappa shape index (κ1) is 24.4. The molecule has 1 fully saturated rings. The van der Waals surface area contributed by atoms with E-state index in [1.54, 1.807) is 6.08 Å². The number of carbonyl (C=O) groups is 2. The fourth-order valence-electron chi connectivity index (χ4n) is 3.56. The van der Waals surface area contributed by atoms with E-state index in [1.807, 2.05) is 44.2 Å². The fourth-order valence-corrected chi connectivity index (χ4v) is 4.87. The highest BCUT2D eigenvalue weighted by Crippen LogP contribution is 2.33. The van der Waals surface area contributed by atoms with Gasteiger partial charge < -0.3 is 5.11 Å². The van der Waals surface area contributed by atoms with Crippen molar-refractivity contribution in [2.24, 2.45) is 0 Å². The Kier molecular flexibility index (Phi) is 7.51. The lowest BCUT2D eigenvalue weighted by Gasteiger charge is -2.17. The number of amides is 1. The van der Waals surface area contributed by atoms with Crippen molar-refractivity contribution in [3.63, 3.8) is 0 Å². The molecule has 0 bridgehead atoms. The molecule has 1 amide bonds. The van der Waals surface area contributed by atoms with Gasteiger partial charge in [0.25, 0.3) is 11.5 Å². The van der Waals surface area contributed by atoms with Gasteiger partial charge >= 0.3 is 0 Å². The number of hydrogen-bond acceptors (Lipinski definition) is 7. The highest BCUT2D eigenvalue weighted by Gasteiger charge is 2.33. The Balaban J connectivity index is 1.82. The Hall–Kier alpha value is -3.22. The molecule has 1 aliphatic rings. The molecule has 1 aromatic heterocycles. The molecule has 3 rings (SSSR count). The van der Waals surface area contributed by atoms with Gasteiger partial charge in [0, 0.05) is 19.5 Å². The second kappa shape index (κ2) is 10.1. The number of Topliss-reactive ketones (excluding diaryl/α,β-unsaturated/α-hetero) is 1. The number of aromatic hydroxyl groups is 1. The van der Waals surface area contributed by atoms with Gasteiger partial charge in [0.05, 0.1) is 10.5 Å². The molecule has 2 heterocycles. The maximum atomic E-state index is 13.0. The molecule has 1 N–H and O–H groups in total. The van der Waals surface area contributed by atoms with E-state index in [4.69, 9.17) is 12.2 Å². The molecule has 0 saturated carbocycles. The van der Waals surface area contributed by atoms with Crippen LogP contribution < -0.4 is 5.56 Å². The zero-order chi connectivity index (χ0) is 24.3. The lowest BCUT2D eigenvalue weighted by molar-refractivity contribution is -0.122. The third-order valence-electron chi connectivity index (χ3n) is 5.34. The first-order valence-electron chi connectivity index (χ1n) is 10.4. The standard InChI is InChI=1S/C24H23N3O4S2/c1-4-10-26-21(29)17(13-25)15(3)20(23(26)31)18(28)9-11-27-22(30)19(33-24(27)32)12-16-7-5-14(2)6-8-16/h5-8,12,31H,4,9-11H2,1-3H3/b19-12-. The molecule has 1 saturated heterocycles. The minimum Gasteiger partial charge on any atom is -0.494 e. The van der Waals surface area contributed by atoms with Gasteiger partial charge in [0.1, 0.15) is 16.0 Å². The maximum Gasteiger partial charge on any atom is 0.271 e. The van der Waals surface area contributed by atoms with Gasteiger partial charge in [0.15, 0.2) is 5.78 Å². The summed E-state index contributed by atoms with van der Waals surface area (Å²) in [6, 6.07) is 9.56. The summed E-state index contributed by atoms with van der Waals surface area (Å²) in [5.41, 5.74) is 1.27. The summed E-state index contributed by atoms with van der Waals surface area (Å²) in [7, 11) is 0. The summed E-state index contributed by atoms with van der Waals surface area (Å²) >= 11 is 6.51. The van der Waals surface area contributed by atoms with E-state index >= 15 is 0 Å². The number of pyridine rings is 1. The van der Waals surface area contributed by atoms with Gasteiger partial charge in [-0.2, -0.15) is 5.26 Å². The number of rotatable bonds is 7. The Morgan fingerprint density at radius 2 is 1.88 bits per heavy atom. The molecule has 0 atom stereocenters. The highest BCUT2D eigenvalue weighted by molar-refractivity contribution is 8.26. The monoisotopic (exact) mass is 481 g/mol. The van der Waals surface area contributed by atoms with Crippen molar-refractivity contribution >= 4 is 46.1 Å². The van der Waals surface area contributed by atoms with Crippen molar-refractivity contribution in [2.45, 2.75) is 40.2 Å². The number of carbonyl (C=O) groups excluding carboxylic acids is 2. The van der Waals surface area contributed by atoms with E-state index in [-0.39, 0.29) is 42.1 Å². The van der Waals surface area contributed by atoms with E-state index in [0.29, 0.717) is 15.6 Å². The second-order valence-electron chi connectivity index (χ2n) is 7.68. The fraction of sp³-hybridized carbons (Fsp3) is 0.292. The van der Waals surface area contributed by atoms with Crippen LogP contribution in [0.5, 0.6) is 5.88 Å².